The molecule has 0 amide bonds. The minimum absolute atomic E-state index is 0.448. The number of benzene rings is 2. The molecule has 3 heteroatoms. The minimum Gasteiger partial charge on any atom is -0.488 e. The lowest BCUT2D eigenvalue weighted by Gasteiger charge is -2.14. The summed E-state index contributed by atoms with van der Waals surface area (Å²) in [7, 11) is 0. The second-order valence-electron chi connectivity index (χ2n) is 4.62. The van der Waals surface area contributed by atoms with Crippen molar-refractivity contribution in [3.63, 3.8) is 0 Å². The molecule has 0 aliphatic rings. The van der Waals surface area contributed by atoms with Gasteiger partial charge in [0.15, 0.2) is 0 Å². The summed E-state index contributed by atoms with van der Waals surface area (Å²) in [5.41, 5.74) is 4.52. The van der Waals surface area contributed by atoms with Crippen LogP contribution in [-0.4, -0.2) is 0 Å². The number of ether oxygens (including phenoxy) is 1. The Morgan fingerprint density at radius 3 is 2.42 bits per heavy atom. The number of alkyl halides is 1. The fourth-order valence-electron chi connectivity index (χ4n) is 1.94. The van der Waals surface area contributed by atoms with Gasteiger partial charge < -0.3 is 4.74 Å². The van der Waals surface area contributed by atoms with Crippen molar-refractivity contribution in [2.75, 3.05) is 0 Å². The Labute approximate surface area is 127 Å². The first-order valence-corrected chi connectivity index (χ1v) is 7.46. The summed E-state index contributed by atoms with van der Waals surface area (Å²) in [6.45, 7) is 4.67. The highest BCUT2D eigenvalue weighted by atomic mass is 79.9. The molecular formula is C16H16BrClO. The maximum Gasteiger partial charge on any atom is 0.127 e. The smallest absolute Gasteiger partial charge is 0.127 e. The molecule has 0 spiro atoms. The summed E-state index contributed by atoms with van der Waals surface area (Å²) in [4.78, 5) is 0. The van der Waals surface area contributed by atoms with Gasteiger partial charge in [-0.15, -0.1) is 11.6 Å². The summed E-state index contributed by atoms with van der Waals surface area (Å²) in [6, 6.07) is 12.4. The van der Waals surface area contributed by atoms with Gasteiger partial charge in [0.2, 0.25) is 0 Å². The average molecular weight is 340 g/mol. The predicted octanol–water partition coefficient (Wildman–Crippen LogP) is 5.38. The van der Waals surface area contributed by atoms with Gasteiger partial charge in [-0.05, 0) is 37.1 Å². The van der Waals surface area contributed by atoms with E-state index in [1.807, 2.05) is 19.1 Å². The van der Waals surface area contributed by atoms with Crippen LogP contribution in [0.3, 0.4) is 0 Å². The van der Waals surface area contributed by atoms with E-state index in [2.05, 4.69) is 47.1 Å². The van der Waals surface area contributed by atoms with Crippen molar-refractivity contribution < 1.29 is 4.74 Å². The van der Waals surface area contributed by atoms with E-state index in [0.717, 1.165) is 26.9 Å². The summed E-state index contributed by atoms with van der Waals surface area (Å²) < 4.78 is 6.97. The SMILES string of the molecule is Cc1ccc(COc2c(C)cc(Br)cc2CCl)cc1. The first-order chi connectivity index (χ1) is 9.10. The molecular weight excluding hydrogens is 324 g/mol. The zero-order valence-corrected chi connectivity index (χ0v) is 13.4. The first kappa shape index (κ1) is 14.4. The Kier molecular flexibility index (Phi) is 4.89. The predicted molar refractivity (Wildman–Crippen MR) is 83.9 cm³/mol. The van der Waals surface area contributed by atoms with Crippen LogP contribution in [0, 0.1) is 13.8 Å². The minimum atomic E-state index is 0.448. The average Bonchev–Trinajstić information content (AvgIpc) is 2.39. The fourth-order valence-corrected chi connectivity index (χ4v) is 2.76. The van der Waals surface area contributed by atoms with Crippen LogP contribution in [0.4, 0.5) is 0 Å². The zero-order valence-electron chi connectivity index (χ0n) is 11.0. The van der Waals surface area contributed by atoms with Crippen LogP contribution in [0.2, 0.25) is 0 Å². The number of rotatable bonds is 4. The lowest BCUT2D eigenvalue weighted by atomic mass is 10.1. The summed E-state index contributed by atoms with van der Waals surface area (Å²) >= 11 is 9.46. The quantitative estimate of drug-likeness (QED) is 0.679. The highest BCUT2D eigenvalue weighted by Gasteiger charge is 2.08. The molecule has 1 nitrogen and oxygen atoms in total. The van der Waals surface area contributed by atoms with Gasteiger partial charge in [-0.3, -0.25) is 0 Å². The van der Waals surface area contributed by atoms with Crippen LogP contribution < -0.4 is 4.74 Å². The van der Waals surface area contributed by atoms with Crippen molar-refractivity contribution in [3.05, 3.63) is 63.1 Å². The van der Waals surface area contributed by atoms with E-state index >= 15 is 0 Å². The summed E-state index contributed by atoms with van der Waals surface area (Å²) in [5, 5.41) is 0. The van der Waals surface area contributed by atoms with Gasteiger partial charge in [-0.25, -0.2) is 0 Å². The van der Waals surface area contributed by atoms with E-state index in [1.54, 1.807) is 0 Å². The topological polar surface area (TPSA) is 9.23 Å². The molecule has 0 fully saturated rings. The van der Waals surface area contributed by atoms with Crippen molar-refractivity contribution in [2.45, 2.75) is 26.3 Å². The van der Waals surface area contributed by atoms with Crippen molar-refractivity contribution in [2.24, 2.45) is 0 Å². The van der Waals surface area contributed by atoms with Crippen molar-refractivity contribution >= 4 is 27.5 Å². The second kappa shape index (κ2) is 6.44. The van der Waals surface area contributed by atoms with Crippen LogP contribution in [-0.2, 0) is 12.5 Å². The molecule has 0 aromatic heterocycles. The Morgan fingerprint density at radius 1 is 1.11 bits per heavy atom. The van der Waals surface area contributed by atoms with Gasteiger partial charge in [-0.1, -0.05) is 45.8 Å². The highest BCUT2D eigenvalue weighted by molar-refractivity contribution is 9.10. The first-order valence-electron chi connectivity index (χ1n) is 6.13. The molecule has 0 bridgehead atoms. The molecule has 0 N–H and O–H groups in total. The van der Waals surface area contributed by atoms with Gasteiger partial charge in [-0.2, -0.15) is 0 Å². The third-order valence-electron chi connectivity index (χ3n) is 2.96. The van der Waals surface area contributed by atoms with Crippen LogP contribution >= 0.6 is 27.5 Å². The fraction of sp³-hybridized carbons (Fsp3) is 0.250. The molecule has 0 heterocycles. The normalized spacial score (nSPS) is 10.5. The maximum atomic E-state index is 5.98. The van der Waals surface area contributed by atoms with Gasteiger partial charge in [0, 0.05) is 10.0 Å². The van der Waals surface area contributed by atoms with Gasteiger partial charge in [0.1, 0.15) is 12.4 Å². The Hall–Kier alpha value is -0.990. The third-order valence-corrected chi connectivity index (χ3v) is 3.71. The molecule has 0 aliphatic carbocycles. The number of hydrogen-bond acceptors (Lipinski definition) is 1. The molecule has 19 heavy (non-hydrogen) atoms. The Morgan fingerprint density at radius 2 is 1.79 bits per heavy atom. The van der Waals surface area contributed by atoms with Gasteiger partial charge in [0.05, 0.1) is 5.88 Å². The molecule has 0 saturated carbocycles. The van der Waals surface area contributed by atoms with E-state index in [0.29, 0.717) is 12.5 Å². The number of halogens is 2. The van der Waals surface area contributed by atoms with Crippen LogP contribution in [0.15, 0.2) is 40.9 Å². The summed E-state index contributed by atoms with van der Waals surface area (Å²) in [5.74, 6) is 1.34. The molecule has 0 aliphatic heterocycles. The van der Waals surface area contributed by atoms with E-state index < -0.39 is 0 Å². The second-order valence-corrected chi connectivity index (χ2v) is 5.80. The Balaban J connectivity index is 2.17. The molecule has 0 saturated heterocycles. The van der Waals surface area contributed by atoms with Gasteiger partial charge >= 0.3 is 0 Å². The van der Waals surface area contributed by atoms with Crippen molar-refractivity contribution in [1.82, 2.24) is 0 Å². The number of hydrogen-bond donors (Lipinski definition) is 0. The van der Waals surface area contributed by atoms with E-state index in [9.17, 15) is 0 Å². The lowest BCUT2D eigenvalue weighted by Crippen LogP contribution is -2.00. The maximum absolute atomic E-state index is 5.98. The monoisotopic (exact) mass is 338 g/mol. The van der Waals surface area contributed by atoms with Gasteiger partial charge in [0.25, 0.3) is 0 Å². The molecule has 0 atom stereocenters. The molecule has 0 radical (unpaired) electrons. The highest BCUT2D eigenvalue weighted by Crippen LogP contribution is 2.30. The summed E-state index contributed by atoms with van der Waals surface area (Å²) in [6.07, 6.45) is 0. The number of aryl methyl sites for hydroxylation is 2. The third kappa shape index (κ3) is 3.74. The largest absolute Gasteiger partial charge is 0.488 e. The molecule has 2 aromatic carbocycles. The van der Waals surface area contributed by atoms with Crippen LogP contribution in [0.25, 0.3) is 0 Å². The van der Waals surface area contributed by atoms with Crippen molar-refractivity contribution in [1.29, 1.82) is 0 Å². The molecule has 0 unspecified atom stereocenters. The lowest BCUT2D eigenvalue weighted by molar-refractivity contribution is 0.301. The van der Waals surface area contributed by atoms with E-state index in [-0.39, 0.29) is 0 Å². The van der Waals surface area contributed by atoms with Crippen LogP contribution in [0.1, 0.15) is 22.3 Å². The van der Waals surface area contributed by atoms with E-state index in [1.165, 1.54) is 5.56 Å². The van der Waals surface area contributed by atoms with Crippen molar-refractivity contribution in [3.8, 4) is 5.75 Å². The van der Waals surface area contributed by atoms with Crippen LogP contribution in [0.5, 0.6) is 5.75 Å². The standard InChI is InChI=1S/C16H16BrClO/c1-11-3-5-13(6-4-11)10-19-16-12(2)7-15(17)8-14(16)9-18/h3-8H,9-10H2,1-2H3. The molecule has 100 valence electrons. The Bertz CT molecular complexity index is 564. The molecule has 2 aromatic rings. The molecule has 2 rings (SSSR count). The zero-order chi connectivity index (χ0) is 13.8. The van der Waals surface area contributed by atoms with E-state index in [4.69, 9.17) is 16.3 Å².